The number of pyridine rings is 1. The summed E-state index contributed by atoms with van der Waals surface area (Å²) in [4.78, 5) is 15.1. The largest absolute Gasteiger partial charge is 0.366 e. The molecule has 1 saturated heterocycles. The van der Waals surface area contributed by atoms with Crippen molar-refractivity contribution in [2.75, 3.05) is 18.4 Å². The predicted octanol–water partition coefficient (Wildman–Crippen LogP) is -0.0457. The van der Waals surface area contributed by atoms with Gasteiger partial charge in [0.25, 0.3) is 0 Å². The van der Waals surface area contributed by atoms with E-state index in [4.69, 9.17) is 5.73 Å². The van der Waals surface area contributed by atoms with Gasteiger partial charge >= 0.3 is 0 Å². The van der Waals surface area contributed by atoms with E-state index < -0.39 is 5.91 Å². The normalized spacial score (nSPS) is 20.1. The second-order valence-electron chi connectivity index (χ2n) is 3.63. The Hall–Kier alpha value is -1.62. The van der Waals surface area contributed by atoms with Crippen molar-refractivity contribution in [3.05, 3.63) is 23.9 Å². The Morgan fingerprint density at radius 1 is 1.67 bits per heavy atom. The van der Waals surface area contributed by atoms with E-state index in [1.165, 1.54) is 0 Å². The first-order valence-electron chi connectivity index (χ1n) is 4.99. The zero-order chi connectivity index (χ0) is 10.7. The molecule has 0 saturated carbocycles. The van der Waals surface area contributed by atoms with Gasteiger partial charge in [0, 0.05) is 24.3 Å². The minimum absolute atomic E-state index is 0.389. The zero-order valence-corrected chi connectivity index (χ0v) is 8.36. The number of nitrogens with one attached hydrogen (secondary N) is 2. The van der Waals surface area contributed by atoms with Crippen LogP contribution < -0.4 is 16.4 Å². The second-order valence-corrected chi connectivity index (χ2v) is 3.63. The molecule has 0 aliphatic carbocycles. The van der Waals surface area contributed by atoms with Gasteiger partial charge in [0.2, 0.25) is 5.91 Å². The Bertz CT molecular complexity index is 360. The highest BCUT2D eigenvalue weighted by atomic mass is 16.1. The quantitative estimate of drug-likeness (QED) is 0.648. The molecule has 1 aliphatic heterocycles. The number of carbonyl (C=O) groups is 1. The summed E-state index contributed by atoms with van der Waals surface area (Å²) < 4.78 is 0. The summed E-state index contributed by atoms with van der Waals surface area (Å²) in [6.07, 6.45) is 2.66. The van der Waals surface area contributed by atoms with Gasteiger partial charge < -0.3 is 16.4 Å². The Balaban J connectivity index is 2.07. The molecule has 1 aromatic heterocycles. The van der Waals surface area contributed by atoms with Crippen LogP contribution in [0.1, 0.15) is 16.8 Å². The van der Waals surface area contributed by atoms with Gasteiger partial charge in [-0.05, 0) is 25.1 Å². The highest BCUT2D eigenvalue weighted by molar-refractivity contribution is 5.93. The number of hydrogen-bond acceptors (Lipinski definition) is 4. The van der Waals surface area contributed by atoms with Gasteiger partial charge in [-0.2, -0.15) is 0 Å². The monoisotopic (exact) mass is 206 g/mol. The Labute approximate surface area is 88.1 Å². The molecule has 80 valence electrons. The third-order valence-electron chi connectivity index (χ3n) is 2.46. The summed E-state index contributed by atoms with van der Waals surface area (Å²) in [5.74, 6) is 0.282. The van der Waals surface area contributed by atoms with Crippen molar-refractivity contribution in [3.8, 4) is 0 Å². The lowest BCUT2D eigenvalue weighted by Gasteiger charge is -2.11. The Morgan fingerprint density at radius 2 is 2.53 bits per heavy atom. The molecule has 4 N–H and O–H groups in total. The van der Waals surface area contributed by atoms with E-state index in [1.54, 1.807) is 18.3 Å². The third-order valence-corrected chi connectivity index (χ3v) is 2.46. The summed E-state index contributed by atoms with van der Waals surface area (Å²) in [7, 11) is 0. The number of nitrogens with zero attached hydrogens (tertiary/aromatic N) is 1. The summed E-state index contributed by atoms with van der Waals surface area (Å²) in [5, 5.41) is 6.50. The maximum atomic E-state index is 10.9. The smallest absolute Gasteiger partial charge is 0.248 e. The molecule has 1 unspecified atom stereocenters. The molecule has 2 heterocycles. The van der Waals surface area contributed by atoms with Gasteiger partial charge in [-0.3, -0.25) is 4.79 Å². The molecule has 5 heteroatoms. The highest BCUT2D eigenvalue weighted by Crippen LogP contribution is 2.10. The van der Waals surface area contributed by atoms with Crippen LogP contribution in [0, 0.1) is 0 Å². The molecule has 1 amide bonds. The summed E-state index contributed by atoms with van der Waals surface area (Å²) in [5.41, 5.74) is 5.67. The summed E-state index contributed by atoms with van der Waals surface area (Å²) >= 11 is 0. The number of primary amides is 1. The van der Waals surface area contributed by atoms with Crippen LogP contribution in [0.3, 0.4) is 0 Å². The highest BCUT2D eigenvalue weighted by Gasteiger charge is 2.14. The van der Waals surface area contributed by atoms with Gasteiger partial charge in [-0.25, -0.2) is 4.98 Å². The molecule has 2 rings (SSSR count). The average Bonchev–Trinajstić information content (AvgIpc) is 2.71. The minimum Gasteiger partial charge on any atom is -0.366 e. The standard InChI is InChI=1S/C10H14N4O/c11-10(15)7-1-4-13-9(5-7)14-8-2-3-12-6-8/h1,4-5,8,12H,2-3,6H2,(H2,11,15)(H,13,14). The molecule has 1 atom stereocenters. The van der Waals surface area contributed by atoms with Crippen molar-refractivity contribution in [3.63, 3.8) is 0 Å². The van der Waals surface area contributed by atoms with E-state index in [0.29, 0.717) is 17.4 Å². The number of carbonyl (C=O) groups excluding carboxylic acids is 1. The number of hydrogen-bond donors (Lipinski definition) is 3. The predicted molar refractivity (Wildman–Crippen MR) is 57.7 cm³/mol. The fourth-order valence-electron chi connectivity index (χ4n) is 1.65. The van der Waals surface area contributed by atoms with Crippen LogP contribution in [0.5, 0.6) is 0 Å². The molecule has 5 nitrogen and oxygen atoms in total. The molecular weight excluding hydrogens is 192 g/mol. The van der Waals surface area contributed by atoms with Crippen LogP contribution in [0.15, 0.2) is 18.3 Å². The fraction of sp³-hybridized carbons (Fsp3) is 0.400. The lowest BCUT2D eigenvalue weighted by molar-refractivity contribution is 0.1000. The van der Waals surface area contributed by atoms with Crippen molar-refractivity contribution in [2.45, 2.75) is 12.5 Å². The van der Waals surface area contributed by atoms with E-state index in [9.17, 15) is 4.79 Å². The first-order chi connectivity index (χ1) is 7.25. The first-order valence-corrected chi connectivity index (χ1v) is 4.99. The topological polar surface area (TPSA) is 80.0 Å². The lowest BCUT2D eigenvalue weighted by atomic mass is 10.2. The third kappa shape index (κ3) is 2.44. The number of anilines is 1. The Kier molecular flexibility index (Phi) is 2.82. The maximum Gasteiger partial charge on any atom is 0.248 e. The molecule has 1 aromatic rings. The van der Waals surface area contributed by atoms with Gasteiger partial charge in [-0.1, -0.05) is 0 Å². The molecule has 0 aromatic carbocycles. The van der Waals surface area contributed by atoms with Crippen LogP contribution in [0.4, 0.5) is 5.82 Å². The summed E-state index contributed by atoms with van der Waals surface area (Å²) in [6.45, 7) is 1.95. The molecule has 15 heavy (non-hydrogen) atoms. The van der Waals surface area contributed by atoms with E-state index in [1.807, 2.05) is 0 Å². The van der Waals surface area contributed by atoms with Crippen molar-refractivity contribution < 1.29 is 4.79 Å². The summed E-state index contributed by atoms with van der Waals surface area (Å²) in [6, 6.07) is 3.68. The number of nitrogens with two attached hydrogens (primary N) is 1. The molecule has 1 aliphatic rings. The van der Waals surface area contributed by atoms with Gasteiger partial charge in [-0.15, -0.1) is 0 Å². The van der Waals surface area contributed by atoms with Gasteiger partial charge in [0.15, 0.2) is 0 Å². The van der Waals surface area contributed by atoms with Crippen LogP contribution in [-0.4, -0.2) is 30.0 Å². The SMILES string of the molecule is NC(=O)c1ccnc(NC2CCNC2)c1. The molecule has 0 radical (unpaired) electrons. The van der Waals surface area contributed by atoms with Crippen LogP contribution in [-0.2, 0) is 0 Å². The molecule has 0 spiro atoms. The first kappa shape index (κ1) is 9.92. The van der Waals surface area contributed by atoms with Crippen LogP contribution in [0.2, 0.25) is 0 Å². The number of amides is 1. The molecular formula is C10H14N4O. The van der Waals surface area contributed by atoms with Gasteiger partial charge in [0.05, 0.1) is 0 Å². The van der Waals surface area contributed by atoms with Crippen molar-refractivity contribution >= 4 is 11.7 Å². The lowest BCUT2D eigenvalue weighted by Crippen LogP contribution is -2.23. The van der Waals surface area contributed by atoms with E-state index >= 15 is 0 Å². The van der Waals surface area contributed by atoms with E-state index in [0.717, 1.165) is 19.5 Å². The van der Waals surface area contributed by atoms with Gasteiger partial charge in [0.1, 0.15) is 5.82 Å². The average molecular weight is 206 g/mol. The van der Waals surface area contributed by atoms with Crippen molar-refractivity contribution in [2.24, 2.45) is 5.73 Å². The van der Waals surface area contributed by atoms with Crippen LogP contribution >= 0.6 is 0 Å². The molecule has 1 fully saturated rings. The second kappa shape index (κ2) is 4.27. The Morgan fingerprint density at radius 3 is 3.20 bits per heavy atom. The fourth-order valence-corrected chi connectivity index (χ4v) is 1.65. The van der Waals surface area contributed by atoms with Crippen LogP contribution in [0.25, 0.3) is 0 Å². The number of rotatable bonds is 3. The van der Waals surface area contributed by atoms with Crippen molar-refractivity contribution in [1.82, 2.24) is 10.3 Å². The molecule has 0 bridgehead atoms. The van der Waals surface area contributed by atoms with E-state index in [2.05, 4.69) is 15.6 Å². The van der Waals surface area contributed by atoms with Crippen molar-refractivity contribution in [1.29, 1.82) is 0 Å². The maximum absolute atomic E-state index is 10.9. The number of aromatic nitrogens is 1. The van der Waals surface area contributed by atoms with E-state index in [-0.39, 0.29) is 0 Å². The minimum atomic E-state index is -0.426. The zero-order valence-electron chi connectivity index (χ0n) is 8.36.